The van der Waals surface area contributed by atoms with Crippen LogP contribution in [0.1, 0.15) is 21.6 Å². The third kappa shape index (κ3) is 4.04. The van der Waals surface area contributed by atoms with Crippen molar-refractivity contribution >= 4 is 29.4 Å². The van der Waals surface area contributed by atoms with Gasteiger partial charge >= 0.3 is 5.97 Å². The average Bonchev–Trinajstić information content (AvgIpc) is 3.11. The monoisotopic (exact) mass is 419 g/mol. The lowest BCUT2D eigenvalue weighted by molar-refractivity contribution is 0.0518. The first-order chi connectivity index (χ1) is 14.5. The van der Waals surface area contributed by atoms with Crippen LogP contribution in [0.3, 0.4) is 0 Å². The van der Waals surface area contributed by atoms with Crippen LogP contribution >= 0.6 is 11.6 Å². The number of oxime groups is 1. The molecule has 0 aliphatic rings. The van der Waals surface area contributed by atoms with E-state index in [2.05, 4.69) is 5.16 Å². The van der Waals surface area contributed by atoms with Gasteiger partial charge in [0, 0.05) is 16.8 Å². The van der Waals surface area contributed by atoms with E-state index in [1.165, 1.54) is 13.3 Å². The van der Waals surface area contributed by atoms with E-state index in [9.17, 15) is 4.79 Å². The van der Waals surface area contributed by atoms with Gasteiger partial charge in [-0.2, -0.15) is 0 Å². The number of halogens is 1. The Bertz CT molecular complexity index is 1250. The predicted molar refractivity (Wildman–Crippen MR) is 116 cm³/mol. The first kappa shape index (κ1) is 19.7. The van der Waals surface area contributed by atoms with Crippen molar-refractivity contribution in [2.45, 2.75) is 6.92 Å². The van der Waals surface area contributed by atoms with Crippen LogP contribution in [0.2, 0.25) is 5.02 Å². The largest absolute Gasteiger partial charge is 0.497 e. The summed E-state index contributed by atoms with van der Waals surface area (Å²) in [7, 11) is 1.54. The third-order valence-electron chi connectivity index (χ3n) is 4.55. The highest BCUT2D eigenvalue weighted by Crippen LogP contribution is 2.25. The summed E-state index contributed by atoms with van der Waals surface area (Å²) in [6.45, 7) is 2.00. The van der Waals surface area contributed by atoms with Gasteiger partial charge in [0.15, 0.2) is 0 Å². The van der Waals surface area contributed by atoms with Gasteiger partial charge in [-0.1, -0.05) is 35.0 Å². The minimum atomic E-state index is -0.581. The lowest BCUT2D eigenvalue weighted by atomic mass is 10.1. The van der Waals surface area contributed by atoms with Gasteiger partial charge in [-0.25, -0.2) is 9.78 Å². The summed E-state index contributed by atoms with van der Waals surface area (Å²) < 4.78 is 7.02. The van der Waals surface area contributed by atoms with Crippen LogP contribution in [0.5, 0.6) is 5.75 Å². The van der Waals surface area contributed by atoms with Crippen molar-refractivity contribution in [1.29, 1.82) is 0 Å². The van der Waals surface area contributed by atoms with E-state index in [0.29, 0.717) is 27.7 Å². The van der Waals surface area contributed by atoms with Crippen LogP contribution in [0, 0.1) is 6.92 Å². The smallest absolute Gasteiger partial charge is 0.365 e. The normalized spacial score (nSPS) is 11.2. The van der Waals surface area contributed by atoms with Crippen LogP contribution in [0.4, 0.5) is 0 Å². The number of benzene rings is 2. The molecule has 0 bridgehead atoms. The fourth-order valence-electron chi connectivity index (χ4n) is 3.04. The molecular formula is C23H18ClN3O3. The Morgan fingerprint density at radius 2 is 1.93 bits per heavy atom. The molecule has 2 heterocycles. The minimum absolute atomic E-state index is 0.346. The van der Waals surface area contributed by atoms with E-state index in [1.54, 1.807) is 36.4 Å². The highest BCUT2D eigenvalue weighted by Gasteiger charge is 2.14. The second-order valence-corrected chi connectivity index (χ2v) is 7.07. The highest BCUT2D eigenvalue weighted by molar-refractivity contribution is 6.30. The maximum atomic E-state index is 12.3. The van der Waals surface area contributed by atoms with E-state index in [-0.39, 0.29) is 0 Å². The SMILES string of the molecule is COc1cccc(C(=O)ON=Cc2c(-c3ccc(Cl)cc3)nc3cc(C)ccn23)c1. The van der Waals surface area contributed by atoms with Crippen LogP contribution in [0.25, 0.3) is 16.9 Å². The second kappa shape index (κ2) is 8.39. The zero-order valence-corrected chi connectivity index (χ0v) is 17.1. The molecule has 0 saturated carbocycles. The average molecular weight is 420 g/mol. The Morgan fingerprint density at radius 1 is 1.13 bits per heavy atom. The van der Waals surface area contributed by atoms with E-state index in [0.717, 1.165) is 16.8 Å². The van der Waals surface area contributed by atoms with E-state index in [1.807, 2.05) is 41.8 Å². The Kier molecular flexibility index (Phi) is 5.50. The molecule has 30 heavy (non-hydrogen) atoms. The van der Waals surface area contributed by atoms with Crippen molar-refractivity contribution in [1.82, 2.24) is 9.38 Å². The Morgan fingerprint density at radius 3 is 2.70 bits per heavy atom. The number of hydrogen-bond acceptors (Lipinski definition) is 5. The fourth-order valence-corrected chi connectivity index (χ4v) is 3.16. The molecule has 0 amide bonds. The number of carbonyl (C=O) groups is 1. The zero-order chi connectivity index (χ0) is 21.1. The Balaban J connectivity index is 1.67. The topological polar surface area (TPSA) is 65.2 Å². The van der Waals surface area contributed by atoms with Crippen molar-refractivity contribution in [3.8, 4) is 17.0 Å². The molecule has 150 valence electrons. The maximum absolute atomic E-state index is 12.3. The van der Waals surface area contributed by atoms with E-state index < -0.39 is 5.97 Å². The molecule has 0 aliphatic carbocycles. The first-order valence-corrected chi connectivity index (χ1v) is 9.56. The number of imidazole rings is 1. The van der Waals surface area contributed by atoms with Crippen molar-refractivity contribution in [3.63, 3.8) is 0 Å². The Hall–Kier alpha value is -3.64. The molecule has 0 N–H and O–H groups in total. The number of fused-ring (bicyclic) bond motifs is 1. The number of hydrogen-bond donors (Lipinski definition) is 0. The van der Waals surface area contributed by atoms with Gasteiger partial charge in [-0.05, 0) is 55.0 Å². The molecule has 0 spiro atoms. The number of carbonyl (C=O) groups excluding carboxylic acids is 1. The number of methoxy groups -OCH3 is 1. The second-order valence-electron chi connectivity index (χ2n) is 6.63. The molecule has 4 rings (SSSR count). The molecule has 0 unspecified atom stereocenters. The first-order valence-electron chi connectivity index (χ1n) is 9.18. The summed E-state index contributed by atoms with van der Waals surface area (Å²) in [5.41, 5.74) is 4.47. The van der Waals surface area contributed by atoms with Crippen molar-refractivity contribution < 1.29 is 14.4 Å². The summed E-state index contributed by atoms with van der Waals surface area (Å²) in [6.07, 6.45) is 3.39. The summed E-state index contributed by atoms with van der Waals surface area (Å²) >= 11 is 6.02. The number of ether oxygens (including phenoxy) is 1. The van der Waals surface area contributed by atoms with Crippen molar-refractivity contribution in [3.05, 3.63) is 88.7 Å². The van der Waals surface area contributed by atoms with Crippen LogP contribution < -0.4 is 4.74 Å². The van der Waals surface area contributed by atoms with Gasteiger partial charge in [-0.15, -0.1) is 0 Å². The quantitative estimate of drug-likeness (QED) is 0.254. The third-order valence-corrected chi connectivity index (χ3v) is 4.80. The number of nitrogens with zero attached hydrogens (tertiary/aromatic N) is 3. The molecule has 2 aromatic heterocycles. The minimum Gasteiger partial charge on any atom is -0.497 e. The molecule has 7 heteroatoms. The number of aryl methyl sites for hydroxylation is 1. The van der Waals surface area contributed by atoms with Gasteiger partial charge in [0.2, 0.25) is 0 Å². The Labute approximate surface area is 178 Å². The summed E-state index contributed by atoms with van der Waals surface area (Å²) in [6, 6.07) is 18.0. The van der Waals surface area contributed by atoms with E-state index >= 15 is 0 Å². The van der Waals surface area contributed by atoms with Gasteiger partial charge in [-0.3, -0.25) is 4.40 Å². The summed E-state index contributed by atoms with van der Waals surface area (Å²) in [5, 5.41) is 4.56. The van der Waals surface area contributed by atoms with Crippen LogP contribution in [-0.2, 0) is 4.84 Å². The molecular weight excluding hydrogens is 402 g/mol. The fraction of sp³-hybridized carbons (Fsp3) is 0.0870. The van der Waals surface area contributed by atoms with Crippen molar-refractivity contribution in [2.24, 2.45) is 5.16 Å². The van der Waals surface area contributed by atoms with Gasteiger partial charge in [0.25, 0.3) is 0 Å². The van der Waals surface area contributed by atoms with Gasteiger partial charge in [0.05, 0.1) is 30.3 Å². The van der Waals surface area contributed by atoms with Gasteiger partial charge in [0.1, 0.15) is 11.4 Å². The van der Waals surface area contributed by atoms with Gasteiger partial charge < -0.3 is 9.57 Å². The summed E-state index contributed by atoms with van der Waals surface area (Å²) in [5.74, 6) is -0.0153. The zero-order valence-electron chi connectivity index (χ0n) is 16.4. The molecule has 2 aromatic carbocycles. The summed E-state index contributed by atoms with van der Waals surface area (Å²) in [4.78, 5) is 22.1. The molecule has 0 radical (unpaired) electrons. The molecule has 4 aromatic rings. The van der Waals surface area contributed by atoms with Crippen LogP contribution in [0.15, 0.2) is 72.0 Å². The van der Waals surface area contributed by atoms with E-state index in [4.69, 9.17) is 26.2 Å². The molecule has 0 atom stereocenters. The molecule has 0 saturated heterocycles. The lowest BCUT2D eigenvalue weighted by Crippen LogP contribution is -2.02. The number of aromatic nitrogens is 2. The number of rotatable bonds is 5. The lowest BCUT2D eigenvalue weighted by Gasteiger charge is -2.03. The predicted octanol–water partition coefficient (Wildman–Crippen LogP) is 5.16. The van der Waals surface area contributed by atoms with Crippen molar-refractivity contribution in [2.75, 3.05) is 7.11 Å². The van der Waals surface area contributed by atoms with Crippen LogP contribution in [-0.4, -0.2) is 28.7 Å². The highest BCUT2D eigenvalue weighted by atomic mass is 35.5. The molecule has 6 nitrogen and oxygen atoms in total. The molecule has 0 aliphatic heterocycles. The standard InChI is InChI=1S/C23H18ClN3O3/c1-15-10-11-27-20(14-25-30-23(28)17-4-3-5-19(13-17)29-2)22(26-21(27)12-15)16-6-8-18(24)9-7-16/h3-14H,1-2H3. The maximum Gasteiger partial charge on any atom is 0.365 e. The number of pyridine rings is 1. The molecule has 0 fully saturated rings.